The molecule has 2 aliphatic heterocycles. The number of likely N-dealkylation sites (tertiary alicyclic amines) is 1. The van der Waals surface area contributed by atoms with Crippen molar-refractivity contribution in [1.29, 1.82) is 0 Å². The van der Waals surface area contributed by atoms with Gasteiger partial charge in [0.05, 0.1) is 18.4 Å². The number of ether oxygens (including phenoxy) is 1. The maximum atomic E-state index is 12.5. The molecule has 3 fully saturated rings. The van der Waals surface area contributed by atoms with Crippen LogP contribution in [0.25, 0.3) is 0 Å². The number of nitrogens with zero attached hydrogens (tertiary/aromatic N) is 4. The summed E-state index contributed by atoms with van der Waals surface area (Å²) in [5.74, 6) is 0.832. The van der Waals surface area contributed by atoms with Crippen LogP contribution in [0.3, 0.4) is 0 Å². The number of carbonyl (C=O) groups excluding carboxylic acids is 2. The van der Waals surface area contributed by atoms with Crippen molar-refractivity contribution < 1.29 is 14.3 Å². The summed E-state index contributed by atoms with van der Waals surface area (Å²) in [6.07, 6.45) is 10.3. The number of anilines is 1. The van der Waals surface area contributed by atoms with E-state index in [0.717, 1.165) is 50.8 Å². The fourth-order valence-corrected chi connectivity index (χ4v) is 4.46. The van der Waals surface area contributed by atoms with Crippen LogP contribution < -0.4 is 4.90 Å². The predicted octanol–water partition coefficient (Wildman–Crippen LogP) is 2.86. The number of piperidine rings is 1. The molecule has 2 amide bonds. The van der Waals surface area contributed by atoms with Gasteiger partial charge in [0.1, 0.15) is 5.60 Å². The Hall–Kier alpha value is -2.18. The Morgan fingerprint density at radius 2 is 2.04 bits per heavy atom. The van der Waals surface area contributed by atoms with Crippen LogP contribution in [0.4, 0.5) is 10.6 Å². The van der Waals surface area contributed by atoms with Crippen molar-refractivity contribution >= 4 is 17.8 Å². The van der Waals surface area contributed by atoms with Crippen molar-refractivity contribution in [2.24, 2.45) is 0 Å². The highest BCUT2D eigenvalue weighted by molar-refractivity contribution is 5.89. The van der Waals surface area contributed by atoms with Crippen LogP contribution in [0, 0.1) is 0 Å². The Morgan fingerprint density at radius 3 is 2.81 bits per heavy atom. The Labute approximate surface area is 153 Å². The van der Waals surface area contributed by atoms with Crippen LogP contribution in [-0.4, -0.2) is 52.1 Å². The zero-order valence-corrected chi connectivity index (χ0v) is 15.3. The van der Waals surface area contributed by atoms with E-state index in [4.69, 9.17) is 9.72 Å². The zero-order chi connectivity index (χ0) is 18.1. The van der Waals surface area contributed by atoms with Crippen LogP contribution in [0.2, 0.25) is 0 Å². The summed E-state index contributed by atoms with van der Waals surface area (Å²) >= 11 is 0. The number of hydrogen-bond donors (Lipinski definition) is 0. The van der Waals surface area contributed by atoms with Crippen molar-refractivity contribution in [2.45, 2.75) is 63.4 Å². The molecule has 140 valence electrons. The predicted molar refractivity (Wildman–Crippen MR) is 95.9 cm³/mol. The molecule has 0 radical (unpaired) electrons. The molecule has 2 saturated heterocycles. The zero-order valence-electron chi connectivity index (χ0n) is 15.3. The second-order valence-electron chi connectivity index (χ2n) is 7.80. The van der Waals surface area contributed by atoms with Crippen LogP contribution in [0.5, 0.6) is 0 Å². The highest BCUT2D eigenvalue weighted by Crippen LogP contribution is 2.38. The molecule has 0 bridgehead atoms. The summed E-state index contributed by atoms with van der Waals surface area (Å²) in [6.45, 7) is 3.64. The summed E-state index contributed by atoms with van der Waals surface area (Å²) in [5, 5.41) is 0. The monoisotopic (exact) mass is 358 g/mol. The van der Waals surface area contributed by atoms with Gasteiger partial charge in [0.2, 0.25) is 5.91 Å². The molecular formula is C19H26N4O3. The van der Waals surface area contributed by atoms with Gasteiger partial charge in [-0.3, -0.25) is 14.7 Å². The lowest BCUT2D eigenvalue weighted by Crippen LogP contribution is -2.38. The second kappa shape index (κ2) is 6.85. The summed E-state index contributed by atoms with van der Waals surface area (Å²) in [7, 11) is 0. The second-order valence-corrected chi connectivity index (χ2v) is 7.80. The van der Waals surface area contributed by atoms with Crippen molar-refractivity contribution in [2.75, 3.05) is 24.5 Å². The minimum Gasteiger partial charge on any atom is -0.441 e. The molecule has 0 N–H and O–H groups in total. The quantitative estimate of drug-likeness (QED) is 0.812. The molecule has 1 spiro atoms. The lowest BCUT2D eigenvalue weighted by Gasteiger charge is -2.32. The topological polar surface area (TPSA) is 75.6 Å². The van der Waals surface area contributed by atoms with E-state index < -0.39 is 0 Å². The van der Waals surface area contributed by atoms with Gasteiger partial charge in [-0.05, 0) is 38.5 Å². The van der Waals surface area contributed by atoms with Gasteiger partial charge in [0.15, 0.2) is 5.82 Å². The van der Waals surface area contributed by atoms with Crippen molar-refractivity contribution in [1.82, 2.24) is 14.9 Å². The fourth-order valence-electron chi connectivity index (χ4n) is 4.46. The minimum atomic E-state index is -0.344. The molecule has 7 heteroatoms. The van der Waals surface area contributed by atoms with Crippen molar-refractivity contribution in [3.8, 4) is 0 Å². The van der Waals surface area contributed by atoms with Gasteiger partial charge >= 0.3 is 6.09 Å². The molecule has 1 atom stereocenters. The van der Waals surface area contributed by atoms with E-state index in [-0.39, 0.29) is 23.5 Å². The molecule has 0 unspecified atom stereocenters. The Kier molecular flexibility index (Phi) is 4.54. The molecular weight excluding hydrogens is 332 g/mol. The molecule has 4 rings (SSSR count). The van der Waals surface area contributed by atoms with Crippen molar-refractivity contribution in [3.05, 3.63) is 18.1 Å². The average molecular weight is 358 g/mol. The van der Waals surface area contributed by atoms with Gasteiger partial charge in [-0.1, -0.05) is 6.42 Å². The van der Waals surface area contributed by atoms with Crippen LogP contribution in [-0.2, 0) is 9.53 Å². The summed E-state index contributed by atoms with van der Waals surface area (Å²) in [5.41, 5.74) is 0.509. The number of amides is 2. The first-order valence-electron chi connectivity index (χ1n) is 9.64. The first-order chi connectivity index (χ1) is 12.6. The number of aromatic nitrogens is 2. The van der Waals surface area contributed by atoms with Gasteiger partial charge in [-0.25, -0.2) is 9.78 Å². The number of hydrogen-bond acceptors (Lipinski definition) is 5. The first kappa shape index (κ1) is 17.2. The number of rotatable bonds is 2. The van der Waals surface area contributed by atoms with E-state index >= 15 is 0 Å². The summed E-state index contributed by atoms with van der Waals surface area (Å²) in [6, 6.07) is 0. The van der Waals surface area contributed by atoms with E-state index in [9.17, 15) is 9.59 Å². The van der Waals surface area contributed by atoms with E-state index in [1.54, 1.807) is 24.2 Å². The van der Waals surface area contributed by atoms with E-state index in [0.29, 0.717) is 18.9 Å². The average Bonchev–Trinajstić information content (AvgIpc) is 2.98. The number of carbonyl (C=O) groups is 2. The highest BCUT2D eigenvalue weighted by Gasteiger charge is 2.46. The summed E-state index contributed by atoms with van der Waals surface area (Å²) in [4.78, 5) is 36.7. The lowest BCUT2D eigenvalue weighted by atomic mass is 9.85. The third-order valence-corrected chi connectivity index (χ3v) is 5.94. The van der Waals surface area contributed by atoms with Gasteiger partial charge < -0.3 is 9.64 Å². The maximum absolute atomic E-state index is 12.5. The van der Waals surface area contributed by atoms with Gasteiger partial charge in [0, 0.05) is 32.1 Å². The molecule has 1 aliphatic carbocycles. The smallest absolute Gasteiger partial charge is 0.416 e. The van der Waals surface area contributed by atoms with E-state index in [1.807, 2.05) is 4.90 Å². The first-order valence-corrected chi connectivity index (χ1v) is 9.64. The van der Waals surface area contributed by atoms with Crippen LogP contribution in [0.1, 0.15) is 63.5 Å². The lowest BCUT2D eigenvalue weighted by molar-refractivity contribution is -0.130. The molecule has 0 aromatic carbocycles. The van der Waals surface area contributed by atoms with Gasteiger partial charge in [0.25, 0.3) is 0 Å². The molecule has 3 aliphatic rings. The highest BCUT2D eigenvalue weighted by atomic mass is 16.6. The minimum absolute atomic E-state index is 0.0983. The Balaban J connectivity index is 1.52. The van der Waals surface area contributed by atoms with Gasteiger partial charge in [-0.2, -0.15) is 0 Å². The van der Waals surface area contributed by atoms with Crippen LogP contribution in [0.15, 0.2) is 12.4 Å². The van der Waals surface area contributed by atoms with Crippen LogP contribution >= 0.6 is 0 Å². The molecule has 7 nitrogen and oxygen atoms in total. The maximum Gasteiger partial charge on any atom is 0.416 e. The SMILES string of the molecule is CC(=O)N1CCC[C@H](c2cncc(N3CC4(CCCCC4)OC3=O)n2)C1. The van der Waals surface area contributed by atoms with Crippen molar-refractivity contribution in [3.63, 3.8) is 0 Å². The standard InChI is InChI=1S/C19H26N4O3/c1-14(24)22-9-5-6-15(12-22)16-10-20-11-17(21-16)23-13-19(26-18(23)25)7-3-2-4-8-19/h10-11,15H,2-9,12-13H2,1H3/t15-/m0/s1. The molecule has 26 heavy (non-hydrogen) atoms. The Morgan fingerprint density at radius 1 is 1.23 bits per heavy atom. The molecule has 1 aromatic rings. The Bertz CT molecular complexity index is 702. The van der Waals surface area contributed by atoms with Gasteiger partial charge in [-0.15, -0.1) is 0 Å². The third-order valence-electron chi connectivity index (χ3n) is 5.94. The molecule has 3 heterocycles. The molecule has 1 aromatic heterocycles. The third kappa shape index (κ3) is 3.27. The summed E-state index contributed by atoms with van der Waals surface area (Å²) < 4.78 is 5.76. The van der Waals surface area contributed by atoms with E-state index in [1.165, 1.54) is 6.42 Å². The largest absolute Gasteiger partial charge is 0.441 e. The van der Waals surface area contributed by atoms with E-state index in [2.05, 4.69) is 4.98 Å². The normalized spacial score (nSPS) is 25.4. The fraction of sp³-hybridized carbons (Fsp3) is 0.684. The molecule has 1 saturated carbocycles.